The van der Waals surface area contributed by atoms with Crippen LogP contribution in [0.2, 0.25) is 0 Å². The zero-order valence-electron chi connectivity index (χ0n) is 67.2. The third-order valence-electron chi connectivity index (χ3n) is 14.6. The quantitative estimate of drug-likeness (QED) is 0.0404. The normalized spacial score (nSPS) is 10.5. The van der Waals surface area contributed by atoms with Crippen molar-refractivity contribution in [2.75, 3.05) is 56.4 Å². The average Bonchev–Trinajstić information content (AvgIpc) is 0.849. The maximum Gasteiger partial charge on any atom is 4.00 e. The zero-order valence-corrected chi connectivity index (χ0v) is 70.4. The van der Waals surface area contributed by atoms with Crippen LogP contribution in [0.25, 0.3) is 42.5 Å². The van der Waals surface area contributed by atoms with E-state index >= 15 is 0 Å². The molecule has 14 heteroatoms. The van der Waals surface area contributed by atoms with Crippen molar-refractivity contribution in [3.63, 3.8) is 0 Å². The minimum atomic E-state index is 0. The maximum absolute atomic E-state index is 4.65. The molecule has 0 saturated carbocycles. The van der Waals surface area contributed by atoms with Crippen molar-refractivity contribution >= 4 is 70.9 Å². The van der Waals surface area contributed by atoms with Crippen LogP contribution in [0, 0.1) is 0 Å². The average molecular weight is 1470 g/mol. The number of rotatable bonds is 20. The van der Waals surface area contributed by atoms with Crippen LogP contribution in [0.3, 0.4) is 0 Å². The molecule has 9 aromatic carbocycles. The van der Waals surface area contributed by atoms with Crippen LogP contribution < -0.4 is 0 Å². The Hall–Kier alpha value is -7.87. The second kappa shape index (κ2) is 60.4. The molecule has 9 aromatic rings. The van der Waals surface area contributed by atoms with Crippen molar-refractivity contribution in [3.05, 3.63) is 318 Å². The van der Waals surface area contributed by atoms with Crippen LogP contribution in [0.4, 0.5) is 45.5 Å². The van der Waals surface area contributed by atoms with Gasteiger partial charge in [-0.05, 0) is 137 Å². The summed E-state index contributed by atoms with van der Waals surface area (Å²) in [6.45, 7) is 35.2. The molecule has 0 N–H and O–H groups in total. The first-order chi connectivity index (χ1) is 49.0. The standard InChI is InChI=1S/4C19H23N2.C6H6.4C2H6N.2Ti/c4*1-14(2)17-11-8-12-18(15(3)4)19(17)21-13-20-16-9-6-5-7-10-16;1-2-4-6-5-3-1;4*1-3-2;;/h4*5-15H,1-4H3;1-6H;4*1-2H3;;/q4*-1;;4*-1;2*+4. The second-order valence-corrected chi connectivity index (χ2v) is 26.2. The second-order valence-electron chi connectivity index (χ2n) is 26.2. The fraction of sp³-hybridized carbons (Fsp3) is 0.356. The Morgan fingerprint density at radius 2 is 0.385 bits per heavy atom. The van der Waals surface area contributed by atoms with E-state index in [1.54, 1.807) is 81.7 Å². The minimum absolute atomic E-state index is 0. The number of benzene rings is 9. The summed E-state index contributed by atoms with van der Waals surface area (Å²) < 4.78 is 0. The molecular weight excluding hydrogens is 1340 g/mol. The molecule has 0 aliphatic heterocycles. The molecule has 0 amide bonds. The van der Waals surface area contributed by atoms with Crippen molar-refractivity contribution in [1.29, 1.82) is 0 Å². The Labute approximate surface area is 661 Å². The number of hydrogen-bond donors (Lipinski definition) is 0. The Morgan fingerprint density at radius 3 is 0.587 bits per heavy atom. The van der Waals surface area contributed by atoms with Gasteiger partial charge in [0.2, 0.25) is 0 Å². The van der Waals surface area contributed by atoms with Crippen LogP contribution in [0.15, 0.2) is 250 Å². The summed E-state index contributed by atoms with van der Waals surface area (Å²) in [5.74, 6) is 3.61. The summed E-state index contributed by atoms with van der Waals surface area (Å²) in [7, 11) is 14.0. The monoisotopic (exact) mass is 1470 g/mol. The molecule has 0 spiro atoms. The summed E-state index contributed by atoms with van der Waals surface area (Å²) in [5, 5.41) is 32.1. The van der Waals surface area contributed by atoms with Gasteiger partial charge >= 0.3 is 43.4 Å². The molecule has 0 radical (unpaired) electrons. The number of para-hydroxylation sites is 8. The largest absolute Gasteiger partial charge is 4.00 e. The first-order valence-electron chi connectivity index (χ1n) is 35.6. The fourth-order valence-electron chi connectivity index (χ4n) is 9.70. The van der Waals surface area contributed by atoms with Gasteiger partial charge in [-0.3, -0.25) is 0 Å². The van der Waals surface area contributed by atoms with Crippen LogP contribution in [-0.4, -0.2) is 81.7 Å². The molecule has 0 atom stereocenters. The topological polar surface area (TPSA) is 162 Å². The van der Waals surface area contributed by atoms with Gasteiger partial charge in [0.25, 0.3) is 0 Å². The molecular formula is C90H122N12Ti2. The molecule has 12 nitrogen and oxygen atoms in total. The Balaban J connectivity index is 0. The van der Waals surface area contributed by atoms with Gasteiger partial charge in [-0.2, -0.15) is 56.4 Å². The minimum Gasteiger partial charge on any atom is -0.668 e. The van der Waals surface area contributed by atoms with Crippen molar-refractivity contribution in [2.24, 2.45) is 20.0 Å². The van der Waals surface area contributed by atoms with Crippen LogP contribution in [0.1, 0.15) is 203 Å². The van der Waals surface area contributed by atoms with Crippen molar-refractivity contribution < 1.29 is 43.4 Å². The van der Waals surface area contributed by atoms with E-state index in [1.807, 2.05) is 158 Å². The molecule has 0 bridgehead atoms. The van der Waals surface area contributed by atoms with Gasteiger partial charge in [0.05, 0.1) is 0 Å². The summed E-state index contributed by atoms with van der Waals surface area (Å²) in [6.07, 6.45) is 6.68. The first kappa shape index (κ1) is 98.2. The molecule has 0 aromatic heterocycles. The summed E-state index contributed by atoms with van der Waals surface area (Å²) in [6, 6.07) is 77.4. The fourth-order valence-corrected chi connectivity index (χ4v) is 9.70. The molecule has 104 heavy (non-hydrogen) atoms. The first-order valence-corrected chi connectivity index (χ1v) is 35.6. The third kappa shape index (κ3) is 40.4. The van der Waals surface area contributed by atoms with E-state index in [-0.39, 0.29) is 43.4 Å². The Bertz CT molecular complexity index is 3290. The van der Waals surface area contributed by atoms with Gasteiger partial charge in [-0.15, -0.1) is 0 Å². The van der Waals surface area contributed by atoms with Crippen LogP contribution in [0.5, 0.6) is 0 Å². The molecule has 0 fully saturated rings. The van der Waals surface area contributed by atoms with Crippen molar-refractivity contribution in [3.8, 4) is 0 Å². The predicted octanol–water partition coefficient (Wildman–Crippen LogP) is 29.4. The van der Waals surface area contributed by atoms with E-state index in [1.165, 1.54) is 44.5 Å². The zero-order chi connectivity index (χ0) is 76.0. The summed E-state index contributed by atoms with van der Waals surface area (Å²) in [4.78, 5) is 18.1. The van der Waals surface area contributed by atoms with Gasteiger partial charge in [0.15, 0.2) is 0 Å². The Morgan fingerprint density at radius 1 is 0.212 bits per heavy atom. The van der Waals surface area contributed by atoms with Crippen molar-refractivity contribution in [1.82, 2.24) is 0 Å². The summed E-state index contributed by atoms with van der Waals surface area (Å²) >= 11 is 0. The molecule has 9 rings (SSSR count). The molecule has 0 aliphatic rings. The third-order valence-corrected chi connectivity index (χ3v) is 14.6. The van der Waals surface area contributed by atoms with E-state index < -0.39 is 0 Å². The smallest absolute Gasteiger partial charge is 0.668 e. The summed E-state index contributed by atoms with van der Waals surface area (Å²) in [5.41, 5.74) is 18.2. The van der Waals surface area contributed by atoms with Crippen molar-refractivity contribution in [2.45, 2.75) is 158 Å². The van der Waals surface area contributed by atoms with E-state index in [0.717, 1.165) is 45.5 Å². The molecule has 0 unspecified atom stereocenters. The van der Waals surface area contributed by atoms with E-state index in [9.17, 15) is 0 Å². The maximum atomic E-state index is 4.65. The van der Waals surface area contributed by atoms with Gasteiger partial charge in [0.1, 0.15) is 0 Å². The van der Waals surface area contributed by atoms with Gasteiger partial charge in [-0.25, -0.2) is 0 Å². The molecule has 0 aliphatic carbocycles. The van der Waals surface area contributed by atoms with Gasteiger partial charge in [-0.1, -0.05) is 367 Å². The van der Waals surface area contributed by atoms with Crippen LogP contribution >= 0.6 is 0 Å². The molecule has 0 saturated heterocycles. The Kier molecular flexibility index (Phi) is 57.0. The SMILES string of the molecule is CC(C)c1cccc(C(C)C)c1N=C[N-]c1ccccc1.CC(C)c1cccc(C(C)C)c1N=C[N-]c1ccccc1.CC(C)c1cccc(C(C)C)c1[N-]C=Nc1ccccc1.CC(C)c1cccc(C(C)C)c1[N-]C=Nc1ccccc1.C[N-]C.C[N-]C.C[N-]C.C[N-]C.[Ti+4].[Ti+4].c1ccccc1. The van der Waals surface area contributed by atoms with E-state index in [0.29, 0.717) is 47.3 Å². The van der Waals surface area contributed by atoms with Crippen LogP contribution in [-0.2, 0) is 43.4 Å². The molecule has 0 heterocycles. The van der Waals surface area contributed by atoms with E-state index in [2.05, 4.69) is 246 Å². The predicted molar refractivity (Wildman–Crippen MR) is 456 cm³/mol. The number of aliphatic imine (C=N–C) groups is 4. The van der Waals surface area contributed by atoms with E-state index in [4.69, 9.17) is 0 Å². The van der Waals surface area contributed by atoms with Gasteiger partial charge in [0, 0.05) is 0 Å². The number of hydrogen-bond acceptors (Lipinski definition) is 4. The molecule has 550 valence electrons. The van der Waals surface area contributed by atoms with Gasteiger partial charge < -0.3 is 62.5 Å². The number of nitrogens with zero attached hydrogens (tertiary/aromatic N) is 12.